The maximum atomic E-state index is 12.5. The van der Waals surface area contributed by atoms with Crippen molar-refractivity contribution in [2.45, 2.75) is 19.1 Å². The SMILES string of the molecule is COc1ccc(C(=O)N(C)CC2Cc3ccccc3CO2)cn1. The van der Waals surface area contributed by atoms with Crippen LogP contribution in [-0.2, 0) is 17.8 Å². The quantitative estimate of drug-likeness (QED) is 0.869. The molecule has 1 unspecified atom stereocenters. The van der Waals surface area contributed by atoms with E-state index >= 15 is 0 Å². The van der Waals surface area contributed by atoms with Crippen LogP contribution in [0.15, 0.2) is 42.6 Å². The summed E-state index contributed by atoms with van der Waals surface area (Å²) >= 11 is 0. The highest BCUT2D eigenvalue weighted by Gasteiger charge is 2.22. The molecule has 1 atom stereocenters. The summed E-state index contributed by atoms with van der Waals surface area (Å²) in [7, 11) is 3.34. The van der Waals surface area contributed by atoms with Gasteiger partial charge in [-0.05, 0) is 17.2 Å². The normalized spacial score (nSPS) is 16.5. The number of aromatic nitrogens is 1. The van der Waals surface area contributed by atoms with E-state index < -0.39 is 0 Å². The van der Waals surface area contributed by atoms with Gasteiger partial charge in [0.2, 0.25) is 5.88 Å². The summed E-state index contributed by atoms with van der Waals surface area (Å²) in [5, 5.41) is 0. The van der Waals surface area contributed by atoms with Gasteiger partial charge in [-0.3, -0.25) is 4.79 Å². The minimum absolute atomic E-state index is 0.0186. The van der Waals surface area contributed by atoms with E-state index in [2.05, 4.69) is 17.1 Å². The van der Waals surface area contributed by atoms with E-state index in [1.807, 2.05) is 12.1 Å². The molecule has 0 radical (unpaired) electrons. The Morgan fingerprint density at radius 1 is 1.30 bits per heavy atom. The van der Waals surface area contributed by atoms with Crippen LogP contribution in [-0.4, -0.2) is 42.6 Å². The lowest BCUT2D eigenvalue weighted by atomic mass is 9.99. The average molecular weight is 312 g/mol. The maximum Gasteiger partial charge on any atom is 0.255 e. The standard InChI is InChI=1S/C18H20N2O3/c1-20(18(21)14-7-8-17(22-2)19-10-14)11-16-9-13-5-3-4-6-15(13)12-23-16/h3-8,10,16H,9,11-12H2,1-2H3. The zero-order valence-corrected chi connectivity index (χ0v) is 13.4. The van der Waals surface area contributed by atoms with Crippen LogP contribution >= 0.6 is 0 Å². The molecule has 0 bridgehead atoms. The number of carbonyl (C=O) groups excluding carboxylic acids is 1. The van der Waals surface area contributed by atoms with Gasteiger partial charge in [-0.1, -0.05) is 24.3 Å². The first kappa shape index (κ1) is 15.5. The predicted molar refractivity (Wildman–Crippen MR) is 86.5 cm³/mol. The smallest absolute Gasteiger partial charge is 0.255 e. The van der Waals surface area contributed by atoms with Crippen molar-refractivity contribution >= 4 is 5.91 Å². The highest BCUT2D eigenvalue weighted by molar-refractivity contribution is 5.93. The van der Waals surface area contributed by atoms with Crippen molar-refractivity contribution in [3.8, 4) is 5.88 Å². The zero-order valence-electron chi connectivity index (χ0n) is 13.4. The first-order chi connectivity index (χ1) is 11.2. The van der Waals surface area contributed by atoms with Gasteiger partial charge in [0, 0.05) is 32.3 Å². The number of carbonyl (C=O) groups is 1. The summed E-state index contributed by atoms with van der Waals surface area (Å²) in [6, 6.07) is 11.7. The average Bonchev–Trinajstić information content (AvgIpc) is 2.61. The van der Waals surface area contributed by atoms with Crippen LogP contribution in [0.5, 0.6) is 5.88 Å². The fraction of sp³-hybridized carbons (Fsp3) is 0.333. The lowest BCUT2D eigenvalue weighted by Gasteiger charge is -2.29. The Bertz CT molecular complexity index is 685. The van der Waals surface area contributed by atoms with Crippen molar-refractivity contribution in [3.05, 3.63) is 59.3 Å². The van der Waals surface area contributed by atoms with Gasteiger partial charge in [0.05, 0.1) is 25.4 Å². The summed E-state index contributed by atoms with van der Waals surface area (Å²) in [6.07, 6.45) is 2.38. The molecule has 0 spiro atoms. The van der Waals surface area contributed by atoms with Gasteiger partial charge in [-0.25, -0.2) is 4.98 Å². The largest absolute Gasteiger partial charge is 0.481 e. The second-order valence-corrected chi connectivity index (χ2v) is 5.68. The van der Waals surface area contributed by atoms with E-state index in [1.54, 1.807) is 31.2 Å². The van der Waals surface area contributed by atoms with Crippen molar-refractivity contribution in [2.24, 2.45) is 0 Å². The number of fused-ring (bicyclic) bond motifs is 1. The fourth-order valence-corrected chi connectivity index (χ4v) is 2.76. The minimum Gasteiger partial charge on any atom is -0.481 e. The topological polar surface area (TPSA) is 51.7 Å². The van der Waals surface area contributed by atoms with E-state index in [9.17, 15) is 4.79 Å². The third kappa shape index (κ3) is 3.51. The molecule has 0 N–H and O–H groups in total. The number of hydrogen-bond donors (Lipinski definition) is 0. The van der Waals surface area contributed by atoms with Crippen molar-refractivity contribution in [1.29, 1.82) is 0 Å². The molecule has 1 aromatic heterocycles. The molecule has 0 saturated carbocycles. The Kier molecular flexibility index (Phi) is 4.57. The number of ether oxygens (including phenoxy) is 2. The summed E-state index contributed by atoms with van der Waals surface area (Å²) in [4.78, 5) is 18.2. The second-order valence-electron chi connectivity index (χ2n) is 5.68. The molecule has 1 aliphatic rings. The second kappa shape index (κ2) is 6.79. The van der Waals surface area contributed by atoms with Crippen LogP contribution in [0.4, 0.5) is 0 Å². The molecule has 0 saturated heterocycles. The number of rotatable bonds is 4. The van der Waals surface area contributed by atoms with E-state index in [0.29, 0.717) is 24.6 Å². The number of nitrogens with zero attached hydrogens (tertiary/aromatic N) is 2. The third-order valence-electron chi connectivity index (χ3n) is 4.06. The van der Waals surface area contributed by atoms with Crippen molar-refractivity contribution in [2.75, 3.05) is 20.7 Å². The molecule has 5 nitrogen and oxygen atoms in total. The van der Waals surface area contributed by atoms with Gasteiger partial charge < -0.3 is 14.4 Å². The first-order valence-electron chi connectivity index (χ1n) is 7.61. The van der Waals surface area contributed by atoms with Crippen LogP contribution in [0.1, 0.15) is 21.5 Å². The summed E-state index contributed by atoms with van der Waals surface area (Å²) in [5.41, 5.74) is 3.08. The van der Waals surface area contributed by atoms with Gasteiger partial charge in [0.15, 0.2) is 0 Å². The Balaban J connectivity index is 1.62. The Labute approximate surface area is 135 Å². The van der Waals surface area contributed by atoms with Crippen LogP contribution < -0.4 is 4.74 Å². The van der Waals surface area contributed by atoms with Gasteiger partial charge >= 0.3 is 0 Å². The van der Waals surface area contributed by atoms with E-state index in [4.69, 9.17) is 9.47 Å². The molecular formula is C18H20N2O3. The summed E-state index contributed by atoms with van der Waals surface area (Å²) in [5.74, 6) is 0.430. The van der Waals surface area contributed by atoms with E-state index in [-0.39, 0.29) is 12.0 Å². The molecular weight excluding hydrogens is 292 g/mol. The Hall–Kier alpha value is -2.40. The van der Waals surface area contributed by atoms with Crippen LogP contribution in [0.2, 0.25) is 0 Å². The molecule has 0 aliphatic carbocycles. The molecule has 2 aromatic rings. The highest BCUT2D eigenvalue weighted by Crippen LogP contribution is 2.21. The van der Waals surface area contributed by atoms with Gasteiger partial charge in [0.1, 0.15) is 0 Å². The predicted octanol–water partition coefficient (Wildman–Crippen LogP) is 2.30. The Morgan fingerprint density at radius 3 is 2.78 bits per heavy atom. The van der Waals surface area contributed by atoms with E-state index in [0.717, 1.165) is 6.42 Å². The van der Waals surface area contributed by atoms with Gasteiger partial charge in [-0.2, -0.15) is 0 Å². The van der Waals surface area contributed by atoms with Gasteiger partial charge in [0.25, 0.3) is 5.91 Å². The third-order valence-corrected chi connectivity index (χ3v) is 4.06. The Morgan fingerprint density at radius 2 is 2.09 bits per heavy atom. The number of pyridine rings is 1. The number of amides is 1. The summed E-state index contributed by atoms with van der Waals surface area (Å²) < 4.78 is 10.9. The van der Waals surface area contributed by atoms with Crippen molar-refractivity contribution in [1.82, 2.24) is 9.88 Å². The lowest BCUT2D eigenvalue weighted by molar-refractivity contribution is 0.00984. The monoisotopic (exact) mass is 312 g/mol. The van der Waals surface area contributed by atoms with Crippen LogP contribution in [0.25, 0.3) is 0 Å². The number of hydrogen-bond acceptors (Lipinski definition) is 4. The molecule has 5 heteroatoms. The molecule has 2 heterocycles. The molecule has 1 aromatic carbocycles. The van der Waals surface area contributed by atoms with Crippen molar-refractivity contribution < 1.29 is 14.3 Å². The molecule has 23 heavy (non-hydrogen) atoms. The summed E-state index contributed by atoms with van der Waals surface area (Å²) in [6.45, 7) is 1.16. The van der Waals surface area contributed by atoms with Crippen molar-refractivity contribution in [3.63, 3.8) is 0 Å². The molecule has 120 valence electrons. The number of methoxy groups -OCH3 is 1. The molecule has 0 fully saturated rings. The van der Waals surface area contributed by atoms with Gasteiger partial charge in [-0.15, -0.1) is 0 Å². The number of benzene rings is 1. The zero-order chi connectivity index (χ0) is 16.2. The molecule has 3 rings (SSSR count). The number of likely N-dealkylation sites (N-methyl/N-ethyl adjacent to an activating group) is 1. The van der Waals surface area contributed by atoms with Crippen LogP contribution in [0.3, 0.4) is 0 Å². The highest BCUT2D eigenvalue weighted by atomic mass is 16.5. The lowest BCUT2D eigenvalue weighted by Crippen LogP contribution is -2.38. The first-order valence-corrected chi connectivity index (χ1v) is 7.61. The fourth-order valence-electron chi connectivity index (χ4n) is 2.76. The maximum absolute atomic E-state index is 12.5. The van der Waals surface area contributed by atoms with E-state index in [1.165, 1.54) is 17.3 Å². The van der Waals surface area contributed by atoms with Crippen LogP contribution in [0, 0.1) is 0 Å². The molecule has 1 amide bonds. The molecule has 1 aliphatic heterocycles. The minimum atomic E-state index is -0.0670.